The molecule has 0 saturated carbocycles. The fraction of sp³-hybridized carbons (Fsp3) is 0.682. The summed E-state index contributed by atoms with van der Waals surface area (Å²) in [5.74, 6) is 1.92. The van der Waals surface area contributed by atoms with Crippen molar-refractivity contribution in [3.05, 3.63) is 23.9 Å². The lowest BCUT2D eigenvalue weighted by molar-refractivity contribution is -0.131. The molecule has 0 atom stereocenters. The number of pyridine rings is 1. The standard InChI is InChI=1S/C22H38N6O.HI/c1-5-23-22(26(4)18-21(29)27(6-2)7-3)25-17-19-12-13-20(24-16-19)28-14-10-8-9-11-15-28;/h12-13,16H,5-11,14-15,17-18H2,1-4H3,(H,23,25);1H. The molecular weight excluding hydrogens is 491 g/mol. The van der Waals surface area contributed by atoms with Crippen LogP contribution in [0.3, 0.4) is 0 Å². The first-order valence-corrected chi connectivity index (χ1v) is 11.1. The Labute approximate surface area is 199 Å². The van der Waals surface area contributed by atoms with Crippen LogP contribution in [0.5, 0.6) is 0 Å². The lowest BCUT2D eigenvalue weighted by atomic mass is 10.2. The molecule has 2 heterocycles. The number of aliphatic imine (C=N–C) groups is 1. The Balaban J connectivity index is 0.00000450. The Morgan fingerprint density at radius 2 is 1.80 bits per heavy atom. The second-order valence-electron chi connectivity index (χ2n) is 7.52. The number of hydrogen-bond donors (Lipinski definition) is 1. The van der Waals surface area contributed by atoms with Crippen LogP contribution in [0.2, 0.25) is 0 Å². The lowest BCUT2D eigenvalue weighted by Crippen LogP contribution is -2.45. The van der Waals surface area contributed by atoms with Crippen LogP contribution in [0, 0.1) is 0 Å². The smallest absolute Gasteiger partial charge is 0.242 e. The summed E-state index contributed by atoms with van der Waals surface area (Å²) in [7, 11) is 1.91. The van der Waals surface area contributed by atoms with Crippen molar-refractivity contribution in [2.45, 2.75) is 53.0 Å². The molecule has 1 N–H and O–H groups in total. The van der Waals surface area contributed by atoms with E-state index < -0.39 is 0 Å². The molecule has 1 amide bonds. The first kappa shape index (κ1) is 26.5. The van der Waals surface area contributed by atoms with Gasteiger partial charge in [-0.3, -0.25) is 4.79 Å². The molecule has 30 heavy (non-hydrogen) atoms. The fourth-order valence-electron chi connectivity index (χ4n) is 3.59. The topological polar surface area (TPSA) is 64.1 Å². The average Bonchev–Trinajstić information content (AvgIpc) is 3.02. The maximum atomic E-state index is 12.4. The molecule has 1 aliphatic heterocycles. The van der Waals surface area contributed by atoms with E-state index in [4.69, 9.17) is 4.99 Å². The van der Waals surface area contributed by atoms with E-state index in [0.29, 0.717) is 13.1 Å². The zero-order valence-corrected chi connectivity index (χ0v) is 21.4. The van der Waals surface area contributed by atoms with Gasteiger partial charge in [0.05, 0.1) is 13.1 Å². The van der Waals surface area contributed by atoms with Gasteiger partial charge >= 0.3 is 0 Å². The third-order valence-electron chi connectivity index (χ3n) is 5.34. The summed E-state index contributed by atoms with van der Waals surface area (Å²) in [6.45, 7) is 11.3. The summed E-state index contributed by atoms with van der Waals surface area (Å²) in [5.41, 5.74) is 1.07. The van der Waals surface area contributed by atoms with Crippen LogP contribution in [-0.2, 0) is 11.3 Å². The van der Waals surface area contributed by atoms with Crippen LogP contribution in [-0.4, -0.2) is 73.0 Å². The number of guanidine groups is 1. The normalized spacial score (nSPS) is 14.5. The molecular formula is C22H39IN6O. The van der Waals surface area contributed by atoms with Crippen molar-refractivity contribution in [3.63, 3.8) is 0 Å². The van der Waals surface area contributed by atoms with Gasteiger partial charge in [0, 0.05) is 46.0 Å². The van der Waals surface area contributed by atoms with Gasteiger partial charge in [0.25, 0.3) is 0 Å². The summed E-state index contributed by atoms with van der Waals surface area (Å²) in [5, 5.41) is 3.28. The van der Waals surface area contributed by atoms with Crippen molar-refractivity contribution in [2.75, 3.05) is 51.2 Å². The van der Waals surface area contributed by atoms with E-state index >= 15 is 0 Å². The van der Waals surface area contributed by atoms with Gasteiger partial charge in [-0.1, -0.05) is 18.9 Å². The summed E-state index contributed by atoms with van der Waals surface area (Å²) < 4.78 is 0. The third-order valence-corrected chi connectivity index (χ3v) is 5.34. The minimum atomic E-state index is 0. The van der Waals surface area contributed by atoms with E-state index in [2.05, 4.69) is 27.3 Å². The molecule has 7 nitrogen and oxygen atoms in total. The minimum absolute atomic E-state index is 0. The van der Waals surface area contributed by atoms with E-state index in [-0.39, 0.29) is 29.9 Å². The highest BCUT2D eigenvalue weighted by Crippen LogP contribution is 2.17. The maximum absolute atomic E-state index is 12.4. The first-order chi connectivity index (χ1) is 14.1. The van der Waals surface area contributed by atoms with Crippen molar-refractivity contribution < 1.29 is 4.79 Å². The second kappa shape index (κ2) is 14.4. The van der Waals surface area contributed by atoms with Crippen molar-refractivity contribution in [1.82, 2.24) is 20.1 Å². The zero-order valence-electron chi connectivity index (χ0n) is 19.1. The zero-order chi connectivity index (χ0) is 21.1. The Hall–Kier alpha value is -1.58. The van der Waals surface area contributed by atoms with E-state index in [0.717, 1.165) is 50.1 Å². The van der Waals surface area contributed by atoms with E-state index in [1.807, 2.05) is 43.8 Å². The largest absolute Gasteiger partial charge is 0.357 e. The number of likely N-dealkylation sites (N-methyl/N-ethyl adjacent to an activating group) is 2. The van der Waals surface area contributed by atoms with Gasteiger partial charge in [-0.15, -0.1) is 24.0 Å². The summed E-state index contributed by atoms with van der Waals surface area (Å²) >= 11 is 0. The van der Waals surface area contributed by atoms with Crippen LogP contribution in [0.15, 0.2) is 23.3 Å². The maximum Gasteiger partial charge on any atom is 0.242 e. The molecule has 0 aromatic carbocycles. The number of carbonyl (C=O) groups is 1. The van der Waals surface area contributed by atoms with Crippen molar-refractivity contribution >= 4 is 41.7 Å². The molecule has 170 valence electrons. The van der Waals surface area contributed by atoms with Gasteiger partial charge in [-0.25, -0.2) is 9.98 Å². The predicted octanol–water partition coefficient (Wildman–Crippen LogP) is 3.35. The van der Waals surface area contributed by atoms with E-state index in [1.54, 1.807) is 0 Å². The number of rotatable bonds is 8. The van der Waals surface area contributed by atoms with Crippen LogP contribution in [0.1, 0.15) is 52.0 Å². The van der Waals surface area contributed by atoms with Gasteiger partial charge < -0.3 is 20.0 Å². The number of hydrogen-bond acceptors (Lipinski definition) is 4. The summed E-state index contributed by atoms with van der Waals surface area (Å²) in [6.07, 6.45) is 7.06. The molecule has 1 saturated heterocycles. The van der Waals surface area contributed by atoms with E-state index in [1.165, 1.54) is 25.7 Å². The van der Waals surface area contributed by atoms with Gasteiger partial charge in [0.15, 0.2) is 5.96 Å². The summed E-state index contributed by atoms with van der Waals surface area (Å²) in [4.78, 5) is 27.9. The molecule has 0 radical (unpaired) electrons. The Bertz CT molecular complexity index is 640. The average molecular weight is 530 g/mol. The molecule has 0 aliphatic carbocycles. The Kier molecular flexibility index (Phi) is 12.7. The number of halogens is 1. The number of nitrogens with zero attached hydrogens (tertiary/aromatic N) is 5. The molecule has 2 rings (SSSR count). The van der Waals surface area contributed by atoms with Gasteiger partial charge in [0.2, 0.25) is 5.91 Å². The van der Waals surface area contributed by atoms with Crippen LogP contribution >= 0.6 is 24.0 Å². The minimum Gasteiger partial charge on any atom is -0.357 e. The highest BCUT2D eigenvalue weighted by Gasteiger charge is 2.15. The Morgan fingerprint density at radius 3 is 2.33 bits per heavy atom. The van der Waals surface area contributed by atoms with Crippen LogP contribution in [0.4, 0.5) is 5.82 Å². The van der Waals surface area contributed by atoms with Gasteiger partial charge in [-0.05, 0) is 45.2 Å². The fourth-order valence-corrected chi connectivity index (χ4v) is 3.59. The monoisotopic (exact) mass is 530 g/mol. The van der Waals surface area contributed by atoms with Crippen molar-refractivity contribution in [3.8, 4) is 0 Å². The molecule has 1 aromatic heterocycles. The molecule has 8 heteroatoms. The van der Waals surface area contributed by atoms with Gasteiger partial charge in [0.1, 0.15) is 5.82 Å². The highest BCUT2D eigenvalue weighted by atomic mass is 127. The summed E-state index contributed by atoms with van der Waals surface area (Å²) in [6, 6.07) is 4.22. The molecule has 1 aliphatic rings. The van der Waals surface area contributed by atoms with Crippen molar-refractivity contribution in [2.24, 2.45) is 4.99 Å². The predicted molar refractivity (Wildman–Crippen MR) is 136 cm³/mol. The molecule has 0 unspecified atom stereocenters. The first-order valence-electron chi connectivity index (χ1n) is 11.1. The highest BCUT2D eigenvalue weighted by molar-refractivity contribution is 14.0. The van der Waals surface area contributed by atoms with Gasteiger partial charge in [-0.2, -0.15) is 0 Å². The third kappa shape index (κ3) is 8.28. The van der Waals surface area contributed by atoms with Crippen LogP contribution < -0.4 is 10.2 Å². The molecule has 0 bridgehead atoms. The molecule has 1 fully saturated rings. The number of nitrogens with one attached hydrogen (secondary N) is 1. The second-order valence-corrected chi connectivity index (χ2v) is 7.52. The quantitative estimate of drug-likeness (QED) is 0.318. The van der Waals surface area contributed by atoms with E-state index in [9.17, 15) is 4.79 Å². The number of amides is 1. The molecule has 0 spiro atoms. The number of carbonyl (C=O) groups excluding carboxylic acids is 1. The number of aromatic nitrogens is 1. The number of anilines is 1. The SMILES string of the molecule is CCNC(=NCc1ccc(N2CCCCCC2)nc1)N(C)CC(=O)N(CC)CC.I. The Morgan fingerprint density at radius 1 is 1.13 bits per heavy atom. The molecule has 1 aromatic rings. The van der Waals surface area contributed by atoms with Crippen molar-refractivity contribution in [1.29, 1.82) is 0 Å². The van der Waals surface area contributed by atoms with Crippen LogP contribution in [0.25, 0.3) is 0 Å². The lowest BCUT2D eigenvalue weighted by Gasteiger charge is -2.25.